The lowest BCUT2D eigenvalue weighted by molar-refractivity contribution is 0.0609. The molecule has 0 radical (unpaired) electrons. The summed E-state index contributed by atoms with van der Waals surface area (Å²) in [6.45, 7) is 5.24. The van der Waals surface area contributed by atoms with Crippen molar-refractivity contribution in [2.75, 3.05) is 26.8 Å². The van der Waals surface area contributed by atoms with E-state index in [2.05, 4.69) is 35.0 Å². The Morgan fingerprint density at radius 3 is 3.00 bits per heavy atom. The van der Waals surface area contributed by atoms with Crippen LogP contribution in [-0.2, 0) is 17.8 Å². The molecule has 1 aliphatic heterocycles. The Labute approximate surface area is 137 Å². The fourth-order valence-electron chi connectivity index (χ4n) is 4.82. The van der Waals surface area contributed by atoms with Crippen molar-refractivity contribution in [1.29, 1.82) is 0 Å². The molecule has 3 atom stereocenters. The lowest BCUT2D eigenvalue weighted by Gasteiger charge is -2.46. The molecule has 1 aliphatic carbocycles. The number of nitrogens with one attached hydrogen (secondary N) is 1. The third-order valence-electron chi connectivity index (χ3n) is 5.83. The third-order valence-corrected chi connectivity index (χ3v) is 5.83. The smallest absolute Gasteiger partial charge is 0.0865 e. The number of likely N-dealkylation sites (N-methyl/N-ethyl adjacent to an activating group) is 1. The topological polar surface area (TPSA) is 48.5 Å². The molecule has 1 saturated heterocycles. The summed E-state index contributed by atoms with van der Waals surface area (Å²) < 4.78 is 5.41. The minimum atomic E-state index is 0.296. The lowest BCUT2D eigenvalue weighted by atomic mass is 9.72. The molecule has 124 valence electrons. The maximum absolute atomic E-state index is 9.71. The molecule has 4 heteroatoms. The number of aliphatic hydroxyl groups excluding tert-OH is 1. The number of aliphatic hydroxyl groups is 1. The minimum Gasteiger partial charge on any atom is -0.396 e. The van der Waals surface area contributed by atoms with Gasteiger partial charge in [0.05, 0.1) is 6.61 Å². The van der Waals surface area contributed by atoms with E-state index >= 15 is 0 Å². The van der Waals surface area contributed by atoms with Gasteiger partial charge in [0.2, 0.25) is 0 Å². The molecule has 2 N–H and O–H groups in total. The van der Waals surface area contributed by atoms with Crippen molar-refractivity contribution in [3.63, 3.8) is 0 Å². The third kappa shape index (κ3) is 2.32. The van der Waals surface area contributed by atoms with Crippen molar-refractivity contribution in [2.24, 2.45) is 5.92 Å². The van der Waals surface area contributed by atoms with Crippen LogP contribution in [0.1, 0.15) is 36.1 Å². The van der Waals surface area contributed by atoms with E-state index in [-0.39, 0.29) is 0 Å². The summed E-state index contributed by atoms with van der Waals surface area (Å²) in [5.74, 6) is 0.925. The van der Waals surface area contributed by atoms with E-state index in [9.17, 15) is 5.11 Å². The van der Waals surface area contributed by atoms with Crippen LogP contribution in [0.5, 0.6) is 0 Å². The van der Waals surface area contributed by atoms with Gasteiger partial charge in [-0.1, -0.05) is 19.1 Å². The van der Waals surface area contributed by atoms with Crippen molar-refractivity contribution >= 4 is 10.9 Å². The van der Waals surface area contributed by atoms with E-state index in [0.29, 0.717) is 31.1 Å². The predicted octanol–water partition coefficient (Wildman–Crippen LogP) is 2.66. The van der Waals surface area contributed by atoms with Crippen LogP contribution in [-0.4, -0.2) is 47.8 Å². The molecule has 4 nitrogen and oxygen atoms in total. The molecule has 0 amide bonds. The summed E-state index contributed by atoms with van der Waals surface area (Å²) in [5, 5.41) is 11.1. The Morgan fingerprint density at radius 1 is 1.39 bits per heavy atom. The van der Waals surface area contributed by atoms with Gasteiger partial charge in [-0.3, -0.25) is 4.90 Å². The Bertz CT molecular complexity index is 709. The number of nitrogens with zero attached hydrogens (tertiary/aromatic N) is 1. The van der Waals surface area contributed by atoms with Gasteiger partial charge in [0.15, 0.2) is 0 Å². The molecule has 1 aromatic carbocycles. The Kier molecular flexibility index (Phi) is 3.92. The molecule has 2 aliphatic rings. The molecule has 0 unspecified atom stereocenters. The van der Waals surface area contributed by atoms with Gasteiger partial charge in [-0.2, -0.15) is 0 Å². The van der Waals surface area contributed by atoms with Gasteiger partial charge in [-0.25, -0.2) is 0 Å². The number of aromatic nitrogens is 1. The fourth-order valence-corrected chi connectivity index (χ4v) is 4.82. The number of likely N-dealkylation sites (tertiary alicyclic amines) is 1. The number of rotatable bonds is 4. The summed E-state index contributed by atoms with van der Waals surface area (Å²) in [6.07, 6.45) is 2.19. The lowest BCUT2D eigenvalue weighted by Crippen LogP contribution is -2.50. The van der Waals surface area contributed by atoms with Crippen LogP contribution in [0.3, 0.4) is 0 Å². The zero-order valence-electron chi connectivity index (χ0n) is 14.0. The van der Waals surface area contributed by atoms with Crippen LogP contribution in [0, 0.1) is 5.92 Å². The SMILES string of the molecule is CCN1C[C@H](CO)C[C@@H]2c3cccc4[nH]c(COC)c(c34)C[C@H]21. The maximum Gasteiger partial charge on any atom is 0.0865 e. The zero-order chi connectivity index (χ0) is 16.0. The summed E-state index contributed by atoms with van der Waals surface area (Å²) >= 11 is 0. The summed E-state index contributed by atoms with van der Waals surface area (Å²) in [4.78, 5) is 6.14. The van der Waals surface area contributed by atoms with Crippen molar-refractivity contribution in [1.82, 2.24) is 9.88 Å². The highest BCUT2D eigenvalue weighted by molar-refractivity contribution is 5.89. The average molecular weight is 314 g/mol. The van der Waals surface area contributed by atoms with Crippen LogP contribution >= 0.6 is 0 Å². The number of H-pyrrole nitrogens is 1. The molecule has 2 heterocycles. The van der Waals surface area contributed by atoms with Crippen molar-refractivity contribution < 1.29 is 9.84 Å². The van der Waals surface area contributed by atoms with Crippen molar-refractivity contribution in [3.05, 3.63) is 35.0 Å². The number of benzene rings is 1. The van der Waals surface area contributed by atoms with E-state index in [0.717, 1.165) is 25.9 Å². The van der Waals surface area contributed by atoms with Crippen LogP contribution in [0.15, 0.2) is 18.2 Å². The van der Waals surface area contributed by atoms with Gasteiger partial charge < -0.3 is 14.8 Å². The van der Waals surface area contributed by atoms with E-state index in [1.807, 2.05) is 0 Å². The second kappa shape index (κ2) is 5.93. The molecule has 0 saturated carbocycles. The first-order valence-corrected chi connectivity index (χ1v) is 8.73. The second-order valence-electron chi connectivity index (χ2n) is 7.03. The summed E-state index contributed by atoms with van der Waals surface area (Å²) in [6, 6.07) is 7.18. The van der Waals surface area contributed by atoms with E-state index in [1.54, 1.807) is 7.11 Å². The highest BCUT2D eigenvalue weighted by Crippen LogP contribution is 2.45. The highest BCUT2D eigenvalue weighted by Gasteiger charge is 2.40. The number of ether oxygens (including phenoxy) is 1. The Hall–Kier alpha value is -1.36. The monoisotopic (exact) mass is 314 g/mol. The molecular formula is C19H26N2O2. The summed E-state index contributed by atoms with van der Waals surface area (Å²) in [5.41, 5.74) is 5.37. The molecule has 2 aromatic rings. The van der Waals surface area contributed by atoms with E-state index < -0.39 is 0 Å². The number of fused-ring (bicyclic) bond motifs is 2. The second-order valence-corrected chi connectivity index (χ2v) is 7.03. The molecule has 23 heavy (non-hydrogen) atoms. The van der Waals surface area contributed by atoms with Gasteiger partial charge in [0.25, 0.3) is 0 Å². The standard InChI is InChI=1S/C19H26N2O2/c1-3-21-9-12(10-22)7-14-13-5-4-6-16-19(13)15(8-18(14)21)17(20-16)11-23-2/h4-6,12,14,18,20,22H,3,7-11H2,1-2H3/t12-,14-,18-/m1/s1. The highest BCUT2D eigenvalue weighted by atomic mass is 16.5. The normalized spacial score (nSPS) is 27.3. The molecule has 1 aromatic heterocycles. The van der Waals surface area contributed by atoms with Crippen LogP contribution in [0.4, 0.5) is 0 Å². The number of piperidine rings is 1. The first-order valence-electron chi connectivity index (χ1n) is 8.73. The number of methoxy groups -OCH3 is 1. The maximum atomic E-state index is 9.71. The van der Waals surface area contributed by atoms with Crippen LogP contribution in [0.2, 0.25) is 0 Å². The minimum absolute atomic E-state index is 0.296. The van der Waals surface area contributed by atoms with E-state index in [4.69, 9.17) is 4.74 Å². The van der Waals surface area contributed by atoms with Gasteiger partial charge >= 0.3 is 0 Å². The summed E-state index contributed by atoms with van der Waals surface area (Å²) in [7, 11) is 1.76. The number of aromatic amines is 1. The molecule has 0 bridgehead atoms. The van der Waals surface area contributed by atoms with Gasteiger partial charge in [-0.15, -0.1) is 0 Å². The number of hydrogen-bond donors (Lipinski definition) is 2. The first kappa shape index (κ1) is 15.2. The van der Waals surface area contributed by atoms with Crippen LogP contribution < -0.4 is 0 Å². The fraction of sp³-hybridized carbons (Fsp3) is 0.579. The molecule has 0 spiro atoms. The van der Waals surface area contributed by atoms with Crippen molar-refractivity contribution in [2.45, 2.75) is 38.3 Å². The van der Waals surface area contributed by atoms with Gasteiger partial charge in [0, 0.05) is 48.8 Å². The van der Waals surface area contributed by atoms with Crippen LogP contribution in [0.25, 0.3) is 10.9 Å². The number of hydrogen-bond acceptors (Lipinski definition) is 3. The van der Waals surface area contributed by atoms with Gasteiger partial charge in [0.1, 0.15) is 0 Å². The van der Waals surface area contributed by atoms with Gasteiger partial charge in [-0.05, 0) is 42.5 Å². The van der Waals surface area contributed by atoms with E-state index in [1.165, 1.54) is 27.7 Å². The molecule has 4 rings (SSSR count). The first-order chi connectivity index (χ1) is 11.3. The average Bonchev–Trinajstić information content (AvgIpc) is 2.93. The predicted molar refractivity (Wildman–Crippen MR) is 91.7 cm³/mol. The zero-order valence-corrected chi connectivity index (χ0v) is 14.0. The quantitative estimate of drug-likeness (QED) is 0.912. The Morgan fingerprint density at radius 2 is 2.26 bits per heavy atom. The van der Waals surface area contributed by atoms with Crippen molar-refractivity contribution in [3.8, 4) is 0 Å². The Balaban J connectivity index is 1.84. The molecular weight excluding hydrogens is 288 g/mol. The largest absolute Gasteiger partial charge is 0.396 e. The molecule has 1 fully saturated rings.